The smallest absolute Gasteiger partial charge is 0.272 e. The number of halogens is 1. The molecule has 0 aromatic heterocycles. The van der Waals surface area contributed by atoms with Gasteiger partial charge < -0.3 is 10.2 Å². The lowest BCUT2D eigenvalue weighted by molar-refractivity contribution is -0.385. The second kappa shape index (κ2) is 7.36. The zero-order valence-corrected chi connectivity index (χ0v) is 12.3. The highest BCUT2D eigenvalue weighted by atomic mass is 19.1. The van der Waals surface area contributed by atoms with Crippen molar-refractivity contribution in [2.24, 2.45) is 0 Å². The van der Waals surface area contributed by atoms with E-state index < -0.39 is 10.7 Å². The summed E-state index contributed by atoms with van der Waals surface area (Å²) in [6.07, 6.45) is 4.20. The molecule has 1 unspecified atom stereocenters. The van der Waals surface area contributed by atoms with E-state index in [4.69, 9.17) is 0 Å². The maximum atomic E-state index is 13.9. The van der Waals surface area contributed by atoms with Gasteiger partial charge in [0.25, 0.3) is 5.69 Å². The number of nitrogens with one attached hydrogen (secondary N) is 1. The summed E-state index contributed by atoms with van der Waals surface area (Å²) >= 11 is 0. The van der Waals surface area contributed by atoms with Crippen molar-refractivity contribution >= 4 is 11.4 Å². The van der Waals surface area contributed by atoms with Gasteiger partial charge in [0.15, 0.2) is 5.82 Å². The number of likely N-dealkylation sites (tertiary alicyclic amines) is 1. The summed E-state index contributed by atoms with van der Waals surface area (Å²) in [6, 6.07) is 4.00. The number of anilines is 1. The predicted molar refractivity (Wildman–Crippen MR) is 81.0 cm³/mol. The van der Waals surface area contributed by atoms with E-state index in [1.165, 1.54) is 12.1 Å². The average molecular weight is 295 g/mol. The number of nitro groups is 1. The molecular weight excluding hydrogens is 273 g/mol. The summed E-state index contributed by atoms with van der Waals surface area (Å²) in [5.41, 5.74) is 0.141. The SMILES string of the molecule is CCCN1CCCC(Nc2ccc([N+](=O)[O-])cc2F)CC1. The molecule has 0 bridgehead atoms. The van der Waals surface area contributed by atoms with Gasteiger partial charge >= 0.3 is 0 Å². The van der Waals surface area contributed by atoms with Gasteiger partial charge in [0, 0.05) is 18.7 Å². The Hall–Kier alpha value is -1.69. The van der Waals surface area contributed by atoms with Crippen LogP contribution in [0.2, 0.25) is 0 Å². The van der Waals surface area contributed by atoms with Crippen molar-refractivity contribution in [2.75, 3.05) is 25.0 Å². The van der Waals surface area contributed by atoms with Gasteiger partial charge in [-0.1, -0.05) is 6.92 Å². The quantitative estimate of drug-likeness (QED) is 0.668. The molecule has 0 aliphatic carbocycles. The Kier molecular flexibility index (Phi) is 5.50. The minimum atomic E-state index is -0.582. The number of benzene rings is 1. The molecule has 21 heavy (non-hydrogen) atoms. The van der Waals surface area contributed by atoms with E-state index in [2.05, 4.69) is 17.1 Å². The number of nitrogens with zero attached hydrogens (tertiary/aromatic N) is 2. The summed E-state index contributed by atoms with van der Waals surface area (Å²) < 4.78 is 13.9. The van der Waals surface area contributed by atoms with Gasteiger partial charge in [0.05, 0.1) is 16.7 Å². The highest BCUT2D eigenvalue weighted by Gasteiger charge is 2.18. The standard InChI is InChI=1S/C15H22FN3O2/c1-2-8-18-9-3-4-12(7-10-18)17-15-6-5-13(19(20)21)11-14(15)16/h5-6,11-12,17H,2-4,7-10H2,1H3. The van der Waals surface area contributed by atoms with Crippen LogP contribution >= 0.6 is 0 Å². The van der Waals surface area contributed by atoms with Crippen LogP contribution in [0.15, 0.2) is 18.2 Å². The maximum absolute atomic E-state index is 13.9. The van der Waals surface area contributed by atoms with E-state index in [0.717, 1.165) is 51.4 Å². The molecule has 1 aliphatic heterocycles. The molecule has 0 spiro atoms. The number of rotatable bonds is 5. The summed E-state index contributed by atoms with van der Waals surface area (Å²) in [7, 11) is 0. The summed E-state index contributed by atoms with van der Waals surface area (Å²) in [5.74, 6) is -0.557. The van der Waals surface area contributed by atoms with Crippen LogP contribution in [0.25, 0.3) is 0 Å². The normalized spacial score (nSPS) is 20.0. The first-order chi connectivity index (χ1) is 10.1. The van der Waals surface area contributed by atoms with Crippen LogP contribution in [-0.4, -0.2) is 35.5 Å². The minimum Gasteiger partial charge on any atom is -0.380 e. The zero-order valence-electron chi connectivity index (χ0n) is 12.3. The summed E-state index contributed by atoms with van der Waals surface area (Å²) in [4.78, 5) is 12.5. The minimum absolute atomic E-state index is 0.215. The molecule has 2 rings (SSSR count). The number of non-ortho nitro benzene ring substituents is 1. The van der Waals surface area contributed by atoms with Crippen LogP contribution in [0.4, 0.5) is 15.8 Å². The molecule has 0 saturated carbocycles. The van der Waals surface area contributed by atoms with Crippen LogP contribution in [0.5, 0.6) is 0 Å². The van der Waals surface area contributed by atoms with E-state index >= 15 is 0 Å². The molecule has 1 heterocycles. The molecule has 1 saturated heterocycles. The van der Waals surface area contributed by atoms with Gasteiger partial charge in [-0.15, -0.1) is 0 Å². The molecule has 1 N–H and O–H groups in total. The third-order valence-corrected chi connectivity index (χ3v) is 3.88. The lowest BCUT2D eigenvalue weighted by Crippen LogP contribution is -2.27. The first kappa shape index (κ1) is 15.7. The number of hydrogen-bond donors (Lipinski definition) is 1. The van der Waals surface area contributed by atoms with E-state index in [1.807, 2.05) is 0 Å². The molecule has 0 amide bonds. The van der Waals surface area contributed by atoms with Crippen molar-refractivity contribution in [3.8, 4) is 0 Å². The monoisotopic (exact) mass is 295 g/mol. The third kappa shape index (κ3) is 4.39. The van der Waals surface area contributed by atoms with Gasteiger partial charge in [-0.05, 0) is 44.8 Å². The third-order valence-electron chi connectivity index (χ3n) is 3.88. The van der Waals surface area contributed by atoms with Crippen LogP contribution < -0.4 is 5.32 Å². The fraction of sp³-hybridized carbons (Fsp3) is 0.600. The molecule has 6 heteroatoms. The molecule has 116 valence electrons. The van der Waals surface area contributed by atoms with Crippen LogP contribution in [0.1, 0.15) is 32.6 Å². The van der Waals surface area contributed by atoms with Gasteiger partial charge in [-0.2, -0.15) is 0 Å². The Morgan fingerprint density at radius 2 is 2.24 bits per heavy atom. The largest absolute Gasteiger partial charge is 0.380 e. The van der Waals surface area contributed by atoms with Crippen LogP contribution in [0.3, 0.4) is 0 Å². The number of nitro benzene ring substituents is 1. The van der Waals surface area contributed by atoms with E-state index in [-0.39, 0.29) is 11.7 Å². The predicted octanol–water partition coefficient (Wildman–Crippen LogP) is 3.41. The van der Waals surface area contributed by atoms with E-state index in [9.17, 15) is 14.5 Å². The first-order valence-electron chi connectivity index (χ1n) is 7.53. The lowest BCUT2D eigenvalue weighted by atomic mass is 10.1. The van der Waals surface area contributed by atoms with Gasteiger partial charge in [0.1, 0.15) is 0 Å². The molecule has 1 atom stereocenters. The average Bonchev–Trinajstić information content (AvgIpc) is 2.67. The van der Waals surface area contributed by atoms with Crippen LogP contribution in [-0.2, 0) is 0 Å². The van der Waals surface area contributed by atoms with Crippen molar-refractivity contribution in [1.82, 2.24) is 4.90 Å². The molecule has 5 nitrogen and oxygen atoms in total. The molecule has 1 aliphatic rings. The van der Waals surface area contributed by atoms with E-state index in [0.29, 0.717) is 5.69 Å². The zero-order chi connectivity index (χ0) is 15.2. The highest BCUT2D eigenvalue weighted by molar-refractivity contribution is 5.50. The van der Waals surface area contributed by atoms with Gasteiger partial charge in [-0.25, -0.2) is 4.39 Å². The molecule has 1 aromatic rings. The Balaban J connectivity index is 1.97. The van der Waals surface area contributed by atoms with Gasteiger partial charge in [-0.3, -0.25) is 10.1 Å². The Labute approximate surface area is 124 Å². The van der Waals surface area contributed by atoms with Crippen molar-refractivity contribution in [1.29, 1.82) is 0 Å². The highest BCUT2D eigenvalue weighted by Crippen LogP contribution is 2.23. The summed E-state index contributed by atoms with van der Waals surface area (Å²) in [5, 5.41) is 13.8. The fourth-order valence-electron chi connectivity index (χ4n) is 2.79. The topological polar surface area (TPSA) is 58.4 Å². The van der Waals surface area contributed by atoms with E-state index in [1.54, 1.807) is 0 Å². The molecule has 1 fully saturated rings. The van der Waals surface area contributed by atoms with Crippen molar-refractivity contribution in [3.05, 3.63) is 34.1 Å². The number of hydrogen-bond acceptors (Lipinski definition) is 4. The lowest BCUT2D eigenvalue weighted by Gasteiger charge is -2.20. The molecule has 1 aromatic carbocycles. The molecule has 0 radical (unpaired) electrons. The maximum Gasteiger partial charge on any atom is 0.272 e. The second-order valence-corrected chi connectivity index (χ2v) is 5.54. The first-order valence-corrected chi connectivity index (χ1v) is 7.53. The van der Waals surface area contributed by atoms with Gasteiger partial charge in [0.2, 0.25) is 0 Å². The molecular formula is C15H22FN3O2. The van der Waals surface area contributed by atoms with Crippen molar-refractivity contribution < 1.29 is 9.31 Å². The second-order valence-electron chi connectivity index (χ2n) is 5.54. The van der Waals surface area contributed by atoms with Crippen molar-refractivity contribution in [2.45, 2.75) is 38.6 Å². The summed E-state index contributed by atoms with van der Waals surface area (Å²) in [6.45, 7) is 5.39. The Bertz CT molecular complexity index is 496. The van der Waals surface area contributed by atoms with Crippen LogP contribution in [0, 0.1) is 15.9 Å². The Morgan fingerprint density at radius 3 is 2.90 bits per heavy atom. The van der Waals surface area contributed by atoms with Crippen molar-refractivity contribution in [3.63, 3.8) is 0 Å². The fourth-order valence-corrected chi connectivity index (χ4v) is 2.79. The Morgan fingerprint density at radius 1 is 1.43 bits per heavy atom.